The zero-order valence-electron chi connectivity index (χ0n) is 14.7. The minimum absolute atomic E-state index is 0.315. The Bertz CT molecular complexity index is 1040. The summed E-state index contributed by atoms with van der Waals surface area (Å²) in [6.07, 6.45) is 2.31. The number of thioether (sulfide) groups is 1. The van der Waals surface area contributed by atoms with Gasteiger partial charge in [0.05, 0.1) is 16.8 Å². The summed E-state index contributed by atoms with van der Waals surface area (Å²) >= 11 is 3.65. The molecule has 132 valence electrons. The number of aromatic nitrogens is 1. The molecular weight excluding hydrogens is 364 g/mol. The second-order valence-electron chi connectivity index (χ2n) is 6.15. The highest BCUT2D eigenvalue weighted by Crippen LogP contribution is 2.51. The molecule has 3 heterocycles. The highest BCUT2D eigenvalue weighted by Gasteiger charge is 2.30. The van der Waals surface area contributed by atoms with E-state index in [0.717, 1.165) is 24.6 Å². The van der Waals surface area contributed by atoms with Crippen LogP contribution in [-0.2, 0) is 6.54 Å². The molecule has 4 nitrogen and oxygen atoms in total. The zero-order chi connectivity index (χ0) is 17.7. The first kappa shape index (κ1) is 16.0. The smallest absolute Gasteiger partial charge is 0.265 e. The van der Waals surface area contributed by atoms with E-state index in [2.05, 4.69) is 65.8 Å². The van der Waals surface area contributed by atoms with Gasteiger partial charge in [-0.25, -0.2) is 0 Å². The Morgan fingerprint density at radius 3 is 2.77 bits per heavy atom. The number of fused-ring (bicyclic) bond motifs is 3. The lowest BCUT2D eigenvalue weighted by atomic mass is 10.2. The van der Waals surface area contributed by atoms with Crippen molar-refractivity contribution in [3.63, 3.8) is 0 Å². The second-order valence-corrected chi connectivity index (χ2v) is 8.28. The molecule has 0 amide bonds. The van der Waals surface area contributed by atoms with Gasteiger partial charge in [0.2, 0.25) is 12.3 Å². The molecule has 6 heteroatoms. The first-order valence-electron chi connectivity index (χ1n) is 8.80. The number of hydrogen-bond donors (Lipinski definition) is 0. The van der Waals surface area contributed by atoms with Crippen LogP contribution in [0, 0.1) is 0 Å². The fourth-order valence-corrected chi connectivity index (χ4v) is 5.93. The van der Waals surface area contributed by atoms with Gasteiger partial charge in [-0.3, -0.25) is 0 Å². The van der Waals surface area contributed by atoms with Gasteiger partial charge in [-0.2, -0.15) is 4.57 Å². The highest BCUT2D eigenvalue weighted by atomic mass is 32.2. The van der Waals surface area contributed by atoms with E-state index in [4.69, 9.17) is 9.47 Å². The Hall–Kier alpha value is -2.18. The summed E-state index contributed by atoms with van der Waals surface area (Å²) in [5.41, 5.74) is 2.51. The predicted octanol–water partition coefficient (Wildman–Crippen LogP) is 4.87. The molecule has 0 aliphatic carbocycles. The first-order chi connectivity index (χ1) is 12.8. The Morgan fingerprint density at radius 2 is 1.96 bits per heavy atom. The normalized spacial score (nSPS) is 16.7. The molecule has 0 unspecified atom stereocenters. The number of rotatable bonds is 3. The van der Waals surface area contributed by atoms with Crippen LogP contribution in [0.25, 0.3) is 16.3 Å². The molecule has 0 atom stereocenters. The number of anilines is 1. The molecule has 0 saturated heterocycles. The van der Waals surface area contributed by atoms with Gasteiger partial charge in [-0.05, 0) is 19.9 Å². The van der Waals surface area contributed by atoms with Crippen LogP contribution < -0.4 is 18.9 Å². The molecule has 2 aromatic carbocycles. The SMILES string of the molecule is CCN1/C(=C/c2sc3ccccc3[n+]2CC)Sc2cc3c(cc21)OCO3. The second kappa shape index (κ2) is 6.21. The van der Waals surface area contributed by atoms with Crippen molar-refractivity contribution in [2.45, 2.75) is 25.3 Å². The molecular formula is C20H19N2O2S2+. The average Bonchev–Trinajstić information content (AvgIpc) is 3.33. The van der Waals surface area contributed by atoms with E-state index in [-0.39, 0.29) is 0 Å². The van der Waals surface area contributed by atoms with Crippen LogP contribution in [0.2, 0.25) is 0 Å². The summed E-state index contributed by atoms with van der Waals surface area (Å²) in [5, 5.41) is 2.53. The van der Waals surface area contributed by atoms with Gasteiger partial charge >= 0.3 is 0 Å². The molecule has 3 aromatic rings. The van der Waals surface area contributed by atoms with Gasteiger partial charge in [0.15, 0.2) is 11.5 Å². The van der Waals surface area contributed by atoms with Crippen LogP contribution in [0.3, 0.4) is 0 Å². The lowest BCUT2D eigenvalue weighted by molar-refractivity contribution is -0.665. The topological polar surface area (TPSA) is 25.6 Å². The zero-order valence-corrected chi connectivity index (χ0v) is 16.3. The molecule has 26 heavy (non-hydrogen) atoms. The van der Waals surface area contributed by atoms with Gasteiger partial charge in [-0.15, -0.1) is 0 Å². The fourth-order valence-electron chi connectivity index (χ4n) is 3.52. The van der Waals surface area contributed by atoms with Crippen LogP contribution in [0.5, 0.6) is 11.5 Å². The predicted molar refractivity (Wildman–Crippen MR) is 107 cm³/mol. The van der Waals surface area contributed by atoms with E-state index in [1.807, 2.05) is 11.3 Å². The van der Waals surface area contributed by atoms with Crippen molar-refractivity contribution < 1.29 is 14.0 Å². The third-order valence-corrected chi connectivity index (χ3v) is 6.95. The highest BCUT2D eigenvalue weighted by molar-refractivity contribution is 8.03. The molecule has 1 aromatic heterocycles. The molecule has 0 saturated carbocycles. The number of para-hydroxylation sites is 1. The lowest BCUT2D eigenvalue weighted by Crippen LogP contribution is -2.33. The number of thiazole rings is 1. The van der Waals surface area contributed by atoms with Gasteiger partial charge in [-0.1, -0.05) is 35.2 Å². The van der Waals surface area contributed by atoms with Gasteiger partial charge in [0, 0.05) is 29.6 Å². The minimum atomic E-state index is 0.315. The summed E-state index contributed by atoms with van der Waals surface area (Å²) < 4.78 is 14.8. The largest absolute Gasteiger partial charge is 0.454 e. The maximum absolute atomic E-state index is 5.57. The van der Waals surface area contributed by atoms with Crippen LogP contribution in [0.1, 0.15) is 18.9 Å². The van der Waals surface area contributed by atoms with Crippen molar-refractivity contribution in [2.24, 2.45) is 0 Å². The number of benzene rings is 2. The lowest BCUT2D eigenvalue weighted by Gasteiger charge is -2.17. The standard InChI is InChI=1S/C20H19N2O2S2/c1-3-21-13-7-5-6-8-17(13)25-19(21)11-20-22(4-2)14-9-15-16(24-12-23-15)10-18(14)26-20/h5-11H,3-4,12H2,1-2H3/q+1. The van der Waals surface area contributed by atoms with E-state index in [0.29, 0.717) is 6.79 Å². The first-order valence-corrected chi connectivity index (χ1v) is 10.4. The van der Waals surface area contributed by atoms with Crippen molar-refractivity contribution in [3.05, 3.63) is 46.4 Å². The summed E-state index contributed by atoms with van der Waals surface area (Å²) in [4.78, 5) is 3.58. The van der Waals surface area contributed by atoms with Crippen molar-refractivity contribution in [3.8, 4) is 11.5 Å². The molecule has 0 spiro atoms. The van der Waals surface area contributed by atoms with Crippen molar-refractivity contribution in [1.82, 2.24) is 0 Å². The molecule has 0 radical (unpaired) electrons. The van der Waals surface area contributed by atoms with E-state index in [1.54, 1.807) is 11.8 Å². The molecule has 0 fully saturated rings. The van der Waals surface area contributed by atoms with Crippen molar-refractivity contribution >= 4 is 45.1 Å². The molecule has 2 aliphatic heterocycles. The summed E-state index contributed by atoms with van der Waals surface area (Å²) in [7, 11) is 0. The van der Waals surface area contributed by atoms with E-state index >= 15 is 0 Å². The molecule has 0 bridgehead atoms. The summed E-state index contributed by atoms with van der Waals surface area (Å²) in [6, 6.07) is 12.8. The Kier molecular flexibility index (Phi) is 3.83. The number of aryl methyl sites for hydroxylation is 1. The van der Waals surface area contributed by atoms with Gasteiger partial charge < -0.3 is 14.4 Å². The number of ether oxygens (including phenoxy) is 2. The summed E-state index contributed by atoms with van der Waals surface area (Å²) in [5.74, 6) is 1.69. The molecule has 5 rings (SSSR count). The maximum Gasteiger partial charge on any atom is 0.265 e. The third-order valence-electron chi connectivity index (χ3n) is 4.74. The monoisotopic (exact) mass is 383 g/mol. The van der Waals surface area contributed by atoms with Crippen LogP contribution >= 0.6 is 23.1 Å². The maximum atomic E-state index is 5.57. The minimum Gasteiger partial charge on any atom is -0.454 e. The van der Waals surface area contributed by atoms with Crippen LogP contribution in [0.15, 0.2) is 46.3 Å². The van der Waals surface area contributed by atoms with Crippen molar-refractivity contribution in [2.75, 3.05) is 18.2 Å². The quantitative estimate of drug-likeness (QED) is 0.603. The molecule has 2 aliphatic rings. The Balaban J connectivity index is 1.60. The average molecular weight is 384 g/mol. The van der Waals surface area contributed by atoms with Crippen LogP contribution in [0.4, 0.5) is 5.69 Å². The van der Waals surface area contributed by atoms with Crippen LogP contribution in [-0.4, -0.2) is 13.3 Å². The fraction of sp³-hybridized carbons (Fsp3) is 0.250. The van der Waals surface area contributed by atoms with E-state index in [9.17, 15) is 0 Å². The van der Waals surface area contributed by atoms with E-state index < -0.39 is 0 Å². The third kappa shape index (κ3) is 2.40. The summed E-state index contributed by atoms with van der Waals surface area (Å²) in [6.45, 7) is 6.59. The van der Waals surface area contributed by atoms with Gasteiger partial charge in [0.1, 0.15) is 11.2 Å². The Labute approximate surface area is 160 Å². The number of hydrogen-bond acceptors (Lipinski definition) is 5. The van der Waals surface area contributed by atoms with E-state index in [1.165, 1.54) is 30.8 Å². The van der Waals surface area contributed by atoms with Gasteiger partial charge in [0.25, 0.3) is 5.01 Å². The molecule has 0 N–H and O–H groups in total. The Morgan fingerprint density at radius 1 is 1.15 bits per heavy atom. The number of nitrogens with zero attached hydrogens (tertiary/aromatic N) is 2. The van der Waals surface area contributed by atoms with Crippen molar-refractivity contribution in [1.29, 1.82) is 0 Å².